The van der Waals surface area contributed by atoms with Gasteiger partial charge in [-0.3, -0.25) is 14.7 Å². The summed E-state index contributed by atoms with van der Waals surface area (Å²) < 4.78 is 51.8. The summed E-state index contributed by atoms with van der Waals surface area (Å²) in [7, 11) is 0. The van der Waals surface area contributed by atoms with Gasteiger partial charge in [-0.1, -0.05) is 30.0 Å². The molecule has 0 fully saturated rings. The number of hydrogen-bond donors (Lipinski definition) is 0. The monoisotopic (exact) mass is 382 g/mol. The molecular weight excluding hydrogens is 368 g/mol. The highest BCUT2D eigenvalue weighted by atomic mass is 32.2. The van der Waals surface area contributed by atoms with Crippen molar-refractivity contribution in [2.45, 2.75) is 11.9 Å². The van der Waals surface area contributed by atoms with Gasteiger partial charge in [-0.2, -0.15) is 13.2 Å². The van der Waals surface area contributed by atoms with Crippen LogP contribution in [0.5, 0.6) is 0 Å². The average molecular weight is 382 g/mol. The molecule has 0 aromatic heterocycles. The van der Waals surface area contributed by atoms with E-state index in [1.807, 2.05) is 0 Å². The number of alkyl halides is 3. The molecule has 0 N–H and O–H groups in total. The predicted molar refractivity (Wildman–Crippen MR) is 92.5 cm³/mol. The number of thioether (sulfide) groups is 1. The maximum absolute atomic E-state index is 13.2. The van der Waals surface area contributed by atoms with E-state index in [9.17, 15) is 22.4 Å². The lowest BCUT2D eigenvalue weighted by Crippen LogP contribution is -2.33. The number of amides is 1. The van der Waals surface area contributed by atoms with Gasteiger partial charge in [-0.15, -0.1) is 0 Å². The van der Waals surface area contributed by atoms with Crippen molar-refractivity contribution in [1.82, 2.24) is 4.90 Å². The van der Waals surface area contributed by atoms with E-state index in [4.69, 9.17) is 0 Å². The molecule has 0 spiro atoms. The Morgan fingerprint density at radius 1 is 1.15 bits per heavy atom. The van der Waals surface area contributed by atoms with E-state index in [0.717, 1.165) is 17.7 Å². The molecule has 1 amide bonds. The first-order chi connectivity index (χ1) is 12.3. The van der Waals surface area contributed by atoms with Crippen LogP contribution in [0.3, 0.4) is 0 Å². The Morgan fingerprint density at radius 3 is 2.65 bits per heavy atom. The van der Waals surface area contributed by atoms with E-state index in [0.29, 0.717) is 24.0 Å². The second-order valence-corrected chi connectivity index (χ2v) is 6.56. The van der Waals surface area contributed by atoms with Crippen LogP contribution in [0.2, 0.25) is 0 Å². The van der Waals surface area contributed by atoms with Crippen LogP contribution in [0.25, 0.3) is 0 Å². The van der Waals surface area contributed by atoms with Crippen LogP contribution in [0.4, 0.5) is 17.6 Å². The number of hydrogen-bond acceptors (Lipinski definition) is 3. The summed E-state index contributed by atoms with van der Waals surface area (Å²) in [5.41, 5.74) is -0.176. The summed E-state index contributed by atoms with van der Waals surface area (Å²) in [6, 6.07) is 10.4. The number of benzene rings is 2. The Morgan fingerprint density at radius 2 is 1.92 bits per heavy atom. The van der Waals surface area contributed by atoms with Crippen molar-refractivity contribution in [3.05, 3.63) is 71.0 Å². The molecule has 2 aromatic rings. The van der Waals surface area contributed by atoms with Crippen molar-refractivity contribution in [2.75, 3.05) is 13.1 Å². The zero-order valence-electron chi connectivity index (χ0n) is 13.5. The molecule has 0 saturated carbocycles. The molecule has 3 nitrogen and oxygen atoms in total. The van der Waals surface area contributed by atoms with Crippen molar-refractivity contribution >= 4 is 22.8 Å². The Kier molecular flexibility index (Phi) is 5.31. The summed E-state index contributed by atoms with van der Waals surface area (Å²) in [5.74, 6) is -0.476. The fourth-order valence-corrected chi connectivity index (χ4v) is 3.49. The highest BCUT2D eigenvalue weighted by Crippen LogP contribution is 2.30. The molecule has 0 atom stereocenters. The maximum atomic E-state index is 13.2. The number of aliphatic imine (C=N–C) groups is 1. The number of rotatable bonds is 3. The van der Waals surface area contributed by atoms with Gasteiger partial charge >= 0.3 is 6.18 Å². The van der Waals surface area contributed by atoms with Gasteiger partial charge in [-0.25, -0.2) is 4.39 Å². The molecule has 0 saturated heterocycles. The lowest BCUT2D eigenvalue weighted by Gasteiger charge is -2.18. The third-order valence-corrected chi connectivity index (χ3v) is 4.83. The van der Waals surface area contributed by atoms with Crippen molar-refractivity contribution in [1.29, 1.82) is 0 Å². The normalized spacial score (nSPS) is 14.5. The Hall–Kier alpha value is -2.35. The predicted octanol–water partition coefficient (Wildman–Crippen LogP) is 4.59. The maximum Gasteiger partial charge on any atom is 0.416 e. The first-order valence-corrected chi connectivity index (χ1v) is 8.74. The lowest BCUT2D eigenvalue weighted by atomic mass is 10.1. The highest BCUT2D eigenvalue weighted by molar-refractivity contribution is 8.13. The first-order valence-electron chi connectivity index (χ1n) is 7.75. The minimum Gasteiger partial charge on any atom is -0.286 e. The summed E-state index contributed by atoms with van der Waals surface area (Å²) in [5, 5.41) is 0.427. The third-order valence-electron chi connectivity index (χ3n) is 3.74. The van der Waals surface area contributed by atoms with E-state index >= 15 is 0 Å². The van der Waals surface area contributed by atoms with Gasteiger partial charge < -0.3 is 0 Å². The SMILES string of the molecule is O=C(c1cccc(C(F)(F)F)c1)N1CCN=C1SCc1cccc(F)c1. The van der Waals surface area contributed by atoms with Gasteiger partial charge in [0.25, 0.3) is 5.91 Å². The van der Waals surface area contributed by atoms with Crippen LogP contribution in [-0.4, -0.2) is 29.1 Å². The largest absolute Gasteiger partial charge is 0.416 e. The second kappa shape index (κ2) is 7.49. The molecule has 0 aliphatic carbocycles. The molecule has 0 bridgehead atoms. The number of amidine groups is 1. The standard InChI is InChI=1S/C18H14F4N2OS/c19-15-6-1-3-12(9-15)11-26-17-23-7-8-24(17)16(25)13-4-2-5-14(10-13)18(20,21)22/h1-6,9-10H,7-8,11H2. The summed E-state index contributed by atoms with van der Waals surface area (Å²) in [6.45, 7) is 0.691. The Balaban J connectivity index is 1.72. The molecule has 3 rings (SSSR count). The minimum absolute atomic E-state index is 0.0409. The molecule has 26 heavy (non-hydrogen) atoms. The number of nitrogens with zero attached hydrogens (tertiary/aromatic N) is 2. The lowest BCUT2D eigenvalue weighted by molar-refractivity contribution is -0.137. The molecule has 8 heteroatoms. The molecule has 0 unspecified atom stereocenters. The van der Waals surface area contributed by atoms with Gasteiger partial charge in [0.15, 0.2) is 5.17 Å². The molecule has 136 valence electrons. The molecule has 1 heterocycles. The number of halogens is 4. The number of carbonyl (C=O) groups is 1. The van der Waals surface area contributed by atoms with Crippen LogP contribution in [0, 0.1) is 5.82 Å². The zero-order valence-corrected chi connectivity index (χ0v) is 14.3. The van der Waals surface area contributed by atoms with Gasteiger partial charge in [0.05, 0.1) is 12.1 Å². The van der Waals surface area contributed by atoms with Gasteiger partial charge in [0, 0.05) is 17.9 Å². The van der Waals surface area contributed by atoms with Crippen LogP contribution in [-0.2, 0) is 11.9 Å². The summed E-state index contributed by atoms with van der Waals surface area (Å²) >= 11 is 1.25. The van der Waals surface area contributed by atoms with Crippen LogP contribution < -0.4 is 0 Å². The van der Waals surface area contributed by atoms with E-state index in [1.165, 1.54) is 40.9 Å². The smallest absolute Gasteiger partial charge is 0.286 e. The van der Waals surface area contributed by atoms with Crippen molar-refractivity contribution in [3.8, 4) is 0 Å². The molecule has 1 aliphatic heterocycles. The molecule has 1 aliphatic rings. The van der Waals surface area contributed by atoms with Gasteiger partial charge in [0.2, 0.25) is 0 Å². The fraction of sp³-hybridized carbons (Fsp3) is 0.222. The van der Waals surface area contributed by atoms with E-state index in [-0.39, 0.29) is 11.4 Å². The topological polar surface area (TPSA) is 32.7 Å². The first kappa shape index (κ1) is 18.4. The second-order valence-electron chi connectivity index (χ2n) is 5.62. The molecular formula is C18H14F4N2OS. The van der Waals surface area contributed by atoms with Crippen LogP contribution in [0.15, 0.2) is 53.5 Å². The Bertz CT molecular complexity index is 851. The van der Waals surface area contributed by atoms with Crippen molar-refractivity contribution < 1.29 is 22.4 Å². The third kappa shape index (κ3) is 4.24. The zero-order chi connectivity index (χ0) is 18.7. The molecule has 0 radical (unpaired) electrons. The average Bonchev–Trinajstić information content (AvgIpc) is 3.07. The highest BCUT2D eigenvalue weighted by Gasteiger charge is 2.32. The van der Waals surface area contributed by atoms with Gasteiger partial charge in [0.1, 0.15) is 5.82 Å². The van der Waals surface area contributed by atoms with E-state index in [2.05, 4.69) is 4.99 Å². The minimum atomic E-state index is -4.51. The van der Waals surface area contributed by atoms with E-state index < -0.39 is 17.6 Å². The van der Waals surface area contributed by atoms with Crippen LogP contribution in [0.1, 0.15) is 21.5 Å². The van der Waals surface area contributed by atoms with Gasteiger partial charge in [-0.05, 0) is 35.9 Å². The summed E-state index contributed by atoms with van der Waals surface area (Å²) in [6.07, 6.45) is -4.51. The van der Waals surface area contributed by atoms with Crippen LogP contribution >= 0.6 is 11.8 Å². The number of carbonyl (C=O) groups excluding carboxylic acids is 1. The molecule has 2 aromatic carbocycles. The summed E-state index contributed by atoms with van der Waals surface area (Å²) in [4.78, 5) is 18.2. The fourth-order valence-electron chi connectivity index (χ4n) is 2.50. The Labute approximate surface area is 151 Å². The van der Waals surface area contributed by atoms with E-state index in [1.54, 1.807) is 12.1 Å². The quantitative estimate of drug-likeness (QED) is 0.728. The van der Waals surface area contributed by atoms with Crippen molar-refractivity contribution in [3.63, 3.8) is 0 Å². The van der Waals surface area contributed by atoms with Crippen molar-refractivity contribution in [2.24, 2.45) is 4.99 Å².